The molecule has 2 aromatic rings. The van der Waals surface area contributed by atoms with Gasteiger partial charge in [-0.25, -0.2) is 0 Å². The predicted molar refractivity (Wildman–Crippen MR) is 127 cm³/mol. The summed E-state index contributed by atoms with van der Waals surface area (Å²) in [5, 5.41) is 0. The van der Waals surface area contributed by atoms with Gasteiger partial charge in [0.05, 0.1) is 0 Å². The molecule has 0 atom stereocenters. The zero-order chi connectivity index (χ0) is 20.9. The minimum absolute atomic E-state index is 0.152. The number of benzene rings is 2. The first-order valence-electron chi connectivity index (χ1n) is 10.1. The van der Waals surface area contributed by atoms with Gasteiger partial charge in [0.15, 0.2) is 0 Å². The molecular weight excluding hydrogens is 403 g/mol. The molecule has 1 heterocycles. The summed E-state index contributed by atoms with van der Waals surface area (Å²) in [6.07, 6.45) is 0. The first kappa shape index (κ1) is 21.4. The number of hydrogen-bond donors (Lipinski definition) is 0. The van der Waals surface area contributed by atoms with Crippen LogP contribution in [0.3, 0.4) is 0 Å². The maximum absolute atomic E-state index is 7.22. The van der Waals surface area contributed by atoms with Crippen molar-refractivity contribution in [2.45, 2.75) is 65.8 Å². The maximum atomic E-state index is 7.22. The van der Waals surface area contributed by atoms with Crippen molar-refractivity contribution < 1.29 is 4.24 Å². The molecular formula is C23H32Cl2N2Si. The number of halogens is 2. The van der Waals surface area contributed by atoms with Crippen molar-refractivity contribution in [1.82, 2.24) is 0 Å². The molecule has 0 fully saturated rings. The van der Waals surface area contributed by atoms with Gasteiger partial charge in [-0.3, -0.25) is 0 Å². The topological polar surface area (TPSA) is 6.25 Å². The molecule has 0 unspecified atom stereocenters. The summed E-state index contributed by atoms with van der Waals surface area (Å²) >= 11 is 14.4. The Morgan fingerprint density at radius 3 is 1.75 bits per heavy atom. The van der Waals surface area contributed by atoms with Gasteiger partial charge in [-0.2, -0.15) is 0 Å². The molecule has 0 spiro atoms. The van der Waals surface area contributed by atoms with E-state index in [2.05, 4.69) is 99.7 Å². The van der Waals surface area contributed by atoms with Crippen LogP contribution in [-0.4, -0.2) is 22.6 Å². The van der Waals surface area contributed by atoms with E-state index < -0.39 is 7.02 Å². The van der Waals surface area contributed by atoms with Crippen molar-refractivity contribution in [3.8, 4) is 0 Å². The third-order valence-corrected chi connectivity index (χ3v) is 10.5. The van der Waals surface area contributed by atoms with Crippen LogP contribution in [0.15, 0.2) is 48.5 Å². The van der Waals surface area contributed by atoms with Gasteiger partial charge in [-0.1, -0.05) is 0 Å². The molecule has 2 nitrogen and oxygen atoms in total. The summed E-state index contributed by atoms with van der Waals surface area (Å²) in [5.74, 6) is 1.90. The molecule has 0 saturated carbocycles. The Hall–Kier alpha value is -1.29. The molecule has 5 heteroatoms. The van der Waals surface area contributed by atoms with Gasteiger partial charge >= 0.3 is 181 Å². The van der Waals surface area contributed by atoms with E-state index in [1.165, 1.54) is 16.8 Å². The van der Waals surface area contributed by atoms with Crippen LogP contribution in [0, 0.1) is 0 Å². The fourth-order valence-corrected chi connectivity index (χ4v) is 10.3. The van der Waals surface area contributed by atoms with Crippen molar-refractivity contribution in [2.75, 3.05) is 4.57 Å². The van der Waals surface area contributed by atoms with E-state index in [4.69, 9.17) is 22.2 Å². The molecule has 1 aliphatic rings. The SMILES string of the molecule is CC(C)c1cccc(C(C)C)c1N1C(c2ccccc2)=[N+](C(C)(C)C)[SiH-]1(Cl)Cl. The molecule has 2 aromatic carbocycles. The zero-order valence-electron chi connectivity index (χ0n) is 18.0. The van der Waals surface area contributed by atoms with Crippen molar-refractivity contribution in [1.29, 1.82) is 0 Å². The van der Waals surface area contributed by atoms with E-state index in [-0.39, 0.29) is 5.54 Å². The van der Waals surface area contributed by atoms with Crippen molar-refractivity contribution in [2.24, 2.45) is 0 Å². The van der Waals surface area contributed by atoms with E-state index >= 15 is 0 Å². The molecule has 1 aliphatic heterocycles. The Labute approximate surface area is 180 Å². The fourth-order valence-electron chi connectivity index (χ4n) is 4.17. The Kier molecular flexibility index (Phi) is 5.75. The van der Waals surface area contributed by atoms with Crippen LogP contribution in [-0.2, 0) is 0 Å². The fraction of sp³-hybridized carbons (Fsp3) is 0.435. The molecule has 0 saturated heterocycles. The molecule has 0 amide bonds. The molecule has 0 radical (unpaired) electrons. The quantitative estimate of drug-likeness (QED) is 0.385. The monoisotopic (exact) mass is 434 g/mol. The number of para-hydroxylation sites is 1. The second-order valence-corrected chi connectivity index (χ2v) is 15.8. The standard InChI is InChI=1S/C23H32Cl2N2Si/c1-16(2)19-14-11-15-20(17(3)4)21(19)26-22(18-12-9-8-10-13-18)27(23(5,6)7)28(26,24)25/h8-17,28H,1-7H3. The van der Waals surface area contributed by atoms with E-state index in [1.54, 1.807) is 0 Å². The van der Waals surface area contributed by atoms with Gasteiger partial charge < -0.3 is 0 Å². The third kappa shape index (κ3) is 3.53. The van der Waals surface area contributed by atoms with Crippen LogP contribution in [0.2, 0.25) is 0 Å². The predicted octanol–water partition coefficient (Wildman–Crippen LogP) is 6.66. The summed E-state index contributed by atoms with van der Waals surface area (Å²) in [6, 6.07) is 17.1. The number of amidine groups is 1. The van der Waals surface area contributed by atoms with Crippen LogP contribution in [0.4, 0.5) is 5.69 Å². The van der Waals surface area contributed by atoms with E-state index in [9.17, 15) is 0 Å². The summed E-state index contributed by atoms with van der Waals surface area (Å²) in [7, 11) is -3.26. The van der Waals surface area contributed by atoms with Gasteiger partial charge in [-0.15, -0.1) is 0 Å². The van der Waals surface area contributed by atoms with E-state index in [0.29, 0.717) is 11.8 Å². The Balaban J connectivity index is 2.35. The Bertz CT molecular complexity index is 870. The van der Waals surface area contributed by atoms with Crippen LogP contribution in [0.1, 0.15) is 77.0 Å². The van der Waals surface area contributed by atoms with E-state index in [0.717, 1.165) is 11.4 Å². The molecule has 28 heavy (non-hydrogen) atoms. The molecule has 0 N–H and O–H groups in total. The van der Waals surface area contributed by atoms with Crippen molar-refractivity contribution in [3.63, 3.8) is 0 Å². The average Bonchev–Trinajstić information content (AvgIpc) is 2.59. The minimum atomic E-state index is -3.26. The van der Waals surface area contributed by atoms with Crippen LogP contribution >= 0.6 is 22.2 Å². The molecule has 0 aliphatic carbocycles. The Morgan fingerprint density at radius 1 is 0.821 bits per heavy atom. The summed E-state index contributed by atoms with van der Waals surface area (Å²) in [4.78, 5) is 0. The van der Waals surface area contributed by atoms with Gasteiger partial charge in [0.2, 0.25) is 0 Å². The Morgan fingerprint density at radius 2 is 1.32 bits per heavy atom. The zero-order valence-corrected chi connectivity index (χ0v) is 20.7. The molecule has 0 aromatic heterocycles. The van der Waals surface area contributed by atoms with Gasteiger partial charge in [0, 0.05) is 0 Å². The molecule has 3 rings (SSSR count). The third-order valence-electron chi connectivity index (χ3n) is 5.42. The average molecular weight is 436 g/mol. The first-order valence-corrected chi connectivity index (χ1v) is 14.7. The normalized spacial score (nSPS) is 17.9. The van der Waals surface area contributed by atoms with Crippen LogP contribution in [0.25, 0.3) is 0 Å². The summed E-state index contributed by atoms with van der Waals surface area (Å²) in [6.45, 7) is 15.5. The second kappa shape index (κ2) is 7.51. The number of rotatable bonds is 4. The number of hydrogen-bond acceptors (Lipinski definition) is 1. The molecule has 152 valence electrons. The summed E-state index contributed by atoms with van der Waals surface area (Å²) in [5.41, 5.74) is 4.82. The van der Waals surface area contributed by atoms with Gasteiger partial charge in [0.1, 0.15) is 0 Å². The van der Waals surface area contributed by atoms with E-state index in [1.807, 2.05) is 6.07 Å². The molecule has 0 bridgehead atoms. The first-order chi connectivity index (χ1) is 13.0. The number of anilines is 1. The van der Waals surface area contributed by atoms with Crippen LogP contribution in [0.5, 0.6) is 0 Å². The van der Waals surface area contributed by atoms with Crippen LogP contribution < -0.4 is 4.57 Å². The van der Waals surface area contributed by atoms with Crippen molar-refractivity contribution >= 4 is 40.7 Å². The van der Waals surface area contributed by atoms with Crippen molar-refractivity contribution in [3.05, 3.63) is 65.2 Å². The number of nitrogens with zero attached hydrogens (tertiary/aromatic N) is 2. The van der Waals surface area contributed by atoms with Gasteiger partial charge in [0.25, 0.3) is 0 Å². The second-order valence-electron chi connectivity index (χ2n) is 9.28. The summed E-state index contributed by atoms with van der Waals surface area (Å²) < 4.78 is 4.57. The van der Waals surface area contributed by atoms with Gasteiger partial charge in [-0.05, 0) is 0 Å².